The Morgan fingerprint density at radius 3 is 2.56 bits per heavy atom. The standard InChI is InChI=1S/C11H13ClN2O2/c1-13-6-10(11(7-13)14(15)16)8-2-4-9(12)5-3-8/h2-5,10-11H,6-7H2,1H3/t10-,11+/m0/s1. The Labute approximate surface area is 99.0 Å². The van der Waals surface area contributed by atoms with Gasteiger partial charge in [0.2, 0.25) is 6.04 Å². The fourth-order valence-electron chi connectivity index (χ4n) is 2.23. The summed E-state index contributed by atoms with van der Waals surface area (Å²) >= 11 is 5.80. The van der Waals surface area contributed by atoms with Crippen molar-refractivity contribution in [1.82, 2.24) is 4.90 Å². The maximum Gasteiger partial charge on any atom is 0.233 e. The van der Waals surface area contributed by atoms with Gasteiger partial charge < -0.3 is 0 Å². The van der Waals surface area contributed by atoms with Crippen LogP contribution in [-0.2, 0) is 0 Å². The Morgan fingerprint density at radius 2 is 2.00 bits per heavy atom. The minimum absolute atomic E-state index is 0.0303. The Kier molecular flexibility index (Phi) is 3.12. The summed E-state index contributed by atoms with van der Waals surface area (Å²) in [6, 6.07) is 6.81. The molecule has 0 unspecified atom stereocenters. The van der Waals surface area contributed by atoms with Gasteiger partial charge in [-0.05, 0) is 24.7 Å². The molecule has 86 valence electrons. The van der Waals surface area contributed by atoms with Crippen LogP contribution in [0.3, 0.4) is 0 Å². The molecule has 2 rings (SSSR count). The Bertz CT molecular complexity index is 393. The fraction of sp³-hybridized carbons (Fsp3) is 0.455. The predicted octanol–water partition coefficient (Wildman–Crippen LogP) is 2.01. The summed E-state index contributed by atoms with van der Waals surface area (Å²) in [6.07, 6.45) is 0. The molecule has 0 amide bonds. The van der Waals surface area contributed by atoms with Crippen LogP contribution in [0.1, 0.15) is 11.5 Å². The number of halogens is 1. The Morgan fingerprint density at radius 1 is 1.38 bits per heavy atom. The maximum atomic E-state index is 11.0. The molecule has 1 saturated heterocycles. The molecular weight excluding hydrogens is 228 g/mol. The van der Waals surface area contributed by atoms with Crippen LogP contribution in [0.25, 0.3) is 0 Å². The second-order valence-corrected chi connectivity index (χ2v) is 4.67. The van der Waals surface area contributed by atoms with Crippen LogP contribution in [0, 0.1) is 10.1 Å². The first-order valence-electron chi connectivity index (χ1n) is 5.15. The molecule has 1 heterocycles. The van der Waals surface area contributed by atoms with Gasteiger partial charge in [-0.1, -0.05) is 23.7 Å². The first kappa shape index (κ1) is 11.4. The van der Waals surface area contributed by atoms with Gasteiger partial charge in [0, 0.05) is 16.5 Å². The lowest BCUT2D eigenvalue weighted by Crippen LogP contribution is -2.27. The third-order valence-electron chi connectivity index (χ3n) is 3.04. The molecule has 5 heteroatoms. The molecule has 1 aromatic rings. The second kappa shape index (κ2) is 4.39. The Hall–Kier alpha value is -1.13. The van der Waals surface area contributed by atoms with E-state index in [1.807, 2.05) is 24.1 Å². The zero-order valence-corrected chi connectivity index (χ0v) is 9.72. The molecule has 1 aliphatic heterocycles. The molecule has 0 radical (unpaired) electrons. The molecule has 0 saturated carbocycles. The highest BCUT2D eigenvalue weighted by molar-refractivity contribution is 6.30. The molecule has 1 fully saturated rings. The summed E-state index contributed by atoms with van der Waals surface area (Å²) in [6.45, 7) is 1.24. The van der Waals surface area contributed by atoms with Crippen LogP contribution in [0.2, 0.25) is 5.02 Å². The van der Waals surface area contributed by atoms with E-state index in [-0.39, 0.29) is 10.8 Å². The van der Waals surface area contributed by atoms with Gasteiger partial charge in [0.25, 0.3) is 0 Å². The number of hydrogen-bond donors (Lipinski definition) is 0. The van der Waals surface area contributed by atoms with Gasteiger partial charge >= 0.3 is 0 Å². The van der Waals surface area contributed by atoms with E-state index in [9.17, 15) is 10.1 Å². The first-order valence-corrected chi connectivity index (χ1v) is 5.53. The fourth-order valence-corrected chi connectivity index (χ4v) is 2.36. The zero-order chi connectivity index (χ0) is 11.7. The average Bonchev–Trinajstić information content (AvgIpc) is 2.61. The minimum atomic E-state index is -0.508. The summed E-state index contributed by atoms with van der Waals surface area (Å²) < 4.78 is 0. The topological polar surface area (TPSA) is 46.4 Å². The second-order valence-electron chi connectivity index (χ2n) is 4.23. The van der Waals surface area contributed by atoms with E-state index >= 15 is 0 Å². The third-order valence-corrected chi connectivity index (χ3v) is 3.29. The number of likely N-dealkylation sites (N-methyl/N-ethyl adjacent to an activating group) is 1. The third kappa shape index (κ3) is 2.18. The number of benzene rings is 1. The molecule has 1 aliphatic rings. The summed E-state index contributed by atoms with van der Waals surface area (Å²) in [4.78, 5) is 12.8. The molecule has 16 heavy (non-hydrogen) atoms. The number of rotatable bonds is 2. The van der Waals surface area contributed by atoms with E-state index in [1.165, 1.54) is 0 Å². The summed E-state index contributed by atoms with van der Waals surface area (Å²) in [5.74, 6) is -0.0303. The van der Waals surface area contributed by atoms with Crippen LogP contribution in [0.5, 0.6) is 0 Å². The van der Waals surface area contributed by atoms with E-state index in [4.69, 9.17) is 11.6 Å². The van der Waals surface area contributed by atoms with Crippen LogP contribution in [0.15, 0.2) is 24.3 Å². The van der Waals surface area contributed by atoms with Gasteiger partial charge in [-0.2, -0.15) is 0 Å². The van der Waals surface area contributed by atoms with Crippen molar-refractivity contribution in [2.75, 3.05) is 20.1 Å². The predicted molar refractivity (Wildman–Crippen MR) is 62.5 cm³/mol. The minimum Gasteiger partial charge on any atom is -0.299 e. The molecule has 2 atom stereocenters. The summed E-state index contributed by atoms with van der Waals surface area (Å²) in [5.41, 5.74) is 0.996. The number of nitrogens with zero attached hydrogens (tertiary/aromatic N) is 2. The number of hydrogen-bond acceptors (Lipinski definition) is 3. The smallest absolute Gasteiger partial charge is 0.233 e. The van der Waals surface area contributed by atoms with Crippen LogP contribution in [0.4, 0.5) is 0 Å². The Balaban J connectivity index is 2.25. The van der Waals surface area contributed by atoms with Gasteiger partial charge in [0.05, 0.1) is 12.5 Å². The SMILES string of the molecule is CN1C[C@@H]([N+](=O)[O-])[C@H](c2ccc(Cl)cc2)C1. The number of likely N-dealkylation sites (tertiary alicyclic amines) is 1. The monoisotopic (exact) mass is 240 g/mol. The molecule has 1 aromatic carbocycles. The van der Waals surface area contributed by atoms with E-state index in [0.717, 1.165) is 12.1 Å². The van der Waals surface area contributed by atoms with Crippen LogP contribution in [-0.4, -0.2) is 36.0 Å². The highest BCUT2D eigenvalue weighted by atomic mass is 35.5. The summed E-state index contributed by atoms with van der Waals surface area (Å²) in [7, 11) is 1.91. The lowest BCUT2D eigenvalue weighted by Gasteiger charge is -2.12. The largest absolute Gasteiger partial charge is 0.299 e. The molecule has 0 spiro atoms. The van der Waals surface area contributed by atoms with Gasteiger partial charge in [0.15, 0.2) is 0 Å². The lowest BCUT2D eigenvalue weighted by atomic mass is 9.95. The van der Waals surface area contributed by atoms with E-state index in [2.05, 4.69) is 0 Å². The number of nitro groups is 1. The average molecular weight is 241 g/mol. The van der Waals surface area contributed by atoms with Crippen molar-refractivity contribution >= 4 is 11.6 Å². The maximum absolute atomic E-state index is 11.0. The zero-order valence-electron chi connectivity index (χ0n) is 8.97. The highest BCUT2D eigenvalue weighted by Gasteiger charge is 2.40. The van der Waals surface area contributed by atoms with Crippen molar-refractivity contribution in [3.63, 3.8) is 0 Å². The molecule has 0 N–H and O–H groups in total. The van der Waals surface area contributed by atoms with Gasteiger partial charge in [0.1, 0.15) is 0 Å². The van der Waals surface area contributed by atoms with Crippen molar-refractivity contribution in [3.8, 4) is 0 Å². The van der Waals surface area contributed by atoms with E-state index in [0.29, 0.717) is 11.6 Å². The van der Waals surface area contributed by atoms with E-state index in [1.54, 1.807) is 12.1 Å². The quantitative estimate of drug-likeness (QED) is 0.587. The normalized spacial score (nSPS) is 25.9. The lowest BCUT2D eigenvalue weighted by molar-refractivity contribution is -0.521. The van der Waals surface area contributed by atoms with Crippen molar-refractivity contribution in [2.24, 2.45) is 0 Å². The molecule has 0 aliphatic carbocycles. The molecular formula is C11H13ClN2O2. The van der Waals surface area contributed by atoms with Gasteiger partial charge in [-0.25, -0.2) is 0 Å². The molecule has 0 bridgehead atoms. The van der Waals surface area contributed by atoms with Crippen molar-refractivity contribution in [2.45, 2.75) is 12.0 Å². The van der Waals surface area contributed by atoms with Crippen molar-refractivity contribution in [3.05, 3.63) is 45.0 Å². The van der Waals surface area contributed by atoms with E-state index < -0.39 is 6.04 Å². The van der Waals surface area contributed by atoms with Crippen molar-refractivity contribution in [1.29, 1.82) is 0 Å². The highest BCUT2D eigenvalue weighted by Crippen LogP contribution is 2.29. The van der Waals surface area contributed by atoms with Crippen LogP contribution >= 0.6 is 11.6 Å². The van der Waals surface area contributed by atoms with Crippen LogP contribution < -0.4 is 0 Å². The van der Waals surface area contributed by atoms with Crippen molar-refractivity contribution < 1.29 is 4.92 Å². The molecule has 4 nitrogen and oxygen atoms in total. The van der Waals surface area contributed by atoms with Gasteiger partial charge in [-0.15, -0.1) is 0 Å². The first-order chi connectivity index (χ1) is 7.58. The molecule has 0 aromatic heterocycles. The van der Waals surface area contributed by atoms with Gasteiger partial charge in [-0.3, -0.25) is 15.0 Å². The summed E-state index contributed by atoms with van der Waals surface area (Å²) in [5, 5.41) is 11.6.